The Bertz CT molecular complexity index is 335. The molecule has 1 N–H and O–H groups in total. The average Bonchev–Trinajstić information content (AvgIpc) is 2.15. The van der Waals surface area contributed by atoms with Gasteiger partial charge in [0.2, 0.25) is 5.91 Å². The van der Waals surface area contributed by atoms with Crippen molar-refractivity contribution >= 4 is 11.7 Å². The number of nitrogens with one attached hydrogen (secondary N) is 1. The summed E-state index contributed by atoms with van der Waals surface area (Å²) in [6.07, 6.45) is 3.19. The van der Waals surface area contributed by atoms with Gasteiger partial charge in [-0.1, -0.05) is 6.07 Å². The van der Waals surface area contributed by atoms with Gasteiger partial charge in [-0.25, -0.2) is 0 Å². The number of Topliss-reactive ketones (excluding diaryl/α,β-unsaturated/α-hetero) is 1. The maximum Gasteiger partial charge on any atom is 0.217 e. The molecule has 0 aliphatic rings. The zero-order valence-electron chi connectivity index (χ0n) is 8.15. The Balaban J connectivity index is 2.89. The van der Waals surface area contributed by atoms with Gasteiger partial charge in [0.15, 0.2) is 5.78 Å². The number of aromatic nitrogens is 1. The summed E-state index contributed by atoms with van der Waals surface area (Å²) in [7, 11) is 0. The van der Waals surface area contributed by atoms with Crippen LogP contribution in [0.25, 0.3) is 0 Å². The highest BCUT2D eigenvalue weighted by Crippen LogP contribution is 2.11. The fraction of sp³-hybridized carbons (Fsp3) is 0.300. The molecule has 0 radical (unpaired) electrons. The van der Waals surface area contributed by atoms with Crippen LogP contribution < -0.4 is 5.32 Å². The molecule has 0 spiro atoms. The molecular weight excluding hydrogens is 180 g/mol. The standard InChI is InChI=1S/C10H12N2O2/c1-7(13)10(12-8(2)14)9-4-3-5-11-6-9/h3-6,10H,1-2H3,(H,12,14). The Kier molecular flexibility index (Phi) is 3.34. The van der Waals surface area contributed by atoms with Gasteiger partial charge >= 0.3 is 0 Å². The summed E-state index contributed by atoms with van der Waals surface area (Å²) in [5.41, 5.74) is 0.704. The molecule has 1 amide bonds. The zero-order valence-corrected chi connectivity index (χ0v) is 8.15. The number of carbonyl (C=O) groups excluding carboxylic acids is 2. The number of hydrogen-bond acceptors (Lipinski definition) is 3. The molecule has 0 aliphatic carbocycles. The fourth-order valence-electron chi connectivity index (χ4n) is 1.17. The number of nitrogens with zero attached hydrogens (tertiary/aromatic N) is 1. The van der Waals surface area contributed by atoms with Crippen molar-refractivity contribution in [3.8, 4) is 0 Å². The number of pyridine rings is 1. The highest BCUT2D eigenvalue weighted by molar-refractivity contribution is 5.87. The van der Waals surface area contributed by atoms with Crippen molar-refractivity contribution in [2.45, 2.75) is 19.9 Å². The Labute approximate surface area is 82.3 Å². The van der Waals surface area contributed by atoms with E-state index in [9.17, 15) is 9.59 Å². The molecule has 74 valence electrons. The van der Waals surface area contributed by atoms with Crippen molar-refractivity contribution in [3.63, 3.8) is 0 Å². The summed E-state index contributed by atoms with van der Waals surface area (Å²) in [6.45, 7) is 2.82. The molecule has 0 aliphatic heterocycles. The van der Waals surface area contributed by atoms with Gasteiger partial charge in [-0.3, -0.25) is 14.6 Å². The molecule has 0 saturated heterocycles. The summed E-state index contributed by atoms with van der Waals surface area (Å²) in [5, 5.41) is 2.57. The quantitative estimate of drug-likeness (QED) is 0.772. The topological polar surface area (TPSA) is 59.1 Å². The van der Waals surface area contributed by atoms with Crippen LogP contribution in [-0.2, 0) is 9.59 Å². The first-order chi connectivity index (χ1) is 6.61. The number of ketones is 1. The van der Waals surface area contributed by atoms with E-state index in [-0.39, 0.29) is 11.7 Å². The van der Waals surface area contributed by atoms with Gasteiger partial charge in [-0.2, -0.15) is 0 Å². The van der Waals surface area contributed by atoms with E-state index in [4.69, 9.17) is 0 Å². The molecule has 4 heteroatoms. The van der Waals surface area contributed by atoms with Crippen molar-refractivity contribution in [3.05, 3.63) is 30.1 Å². The van der Waals surface area contributed by atoms with E-state index in [0.717, 1.165) is 0 Å². The molecule has 4 nitrogen and oxygen atoms in total. The van der Waals surface area contributed by atoms with E-state index < -0.39 is 6.04 Å². The van der Waals surface area contributed by atoms with Crippen LogP contribution in [0.1, 0.15) is 25.5 Å². The minimum absolute atomic E-state index is 0.104. The van der Waals surface area contributed by atoms with Crippen LogP contribution in [0.3, 0.4) is 0 Å². The molecule has 1 aromatic rings. The van der Waals surface area contributed by atoms with E-state index in [1.165, 1.54) is 13.8 Å². The summed E-state index contributed by atoms with van der Waals surface area (Å²) >= 11 is 0. The second-order valence-electron chi connectivity index (χ2n) is 3.03. The highest BCUT2D eigenvalue weighted by atomic mass is 16.2. The van der Waals surface area contributed by atoms with Gasteiger partial charge in [-0.05, 0) is 13.0 Å². The second kappa shape index (κ2) is 4.50. The van der Waals surface area contributed by atoms with Crippen molar-refractivity contribution in [2.75, 3.05) is 0 Å². The summed E-state index contributed by atoms with van der Waals surface area (Å²) < 4.78 is 0. The largest absolute Gasteiger partial charge is 0.342 e. The van der Waals surface area contributed by atoms with Crippen LogP contribution in [0.2, 0.25) is 0 Å². The SMILES string of the molecule is CC(=O)NC(C(C)=O)c1cccnc1. The summed E-state index contributed by atoms with van der Waals surface area (Å²) in [6, 6.07) is 2.91. The van der Waals surface area contributed by atoms with Gasteiger partial charge in [0.1, 0.15) is 6.04 Å². The van der Waals surface area contributed by atoms with E-state index in [2.05, 4.69) is 10.3 Å². The van der Waals surface area contributed by atoms with Gasteiger partial charge in [0, 0.05) is 24.9 Å². The molecule has 1 rings (SSSR count). The maximum atomic E-state index is 11.2. The van der Waals surface area contributed by atoms with Crippen molar-refractivity contribution < 1.29 is 9.59 Å². The molecule has 0 aromatic carbocycles. The number of carbonyl (C=O) groups is 2. The van der Waals surface area contributed by atoms with Crippen LogP contribution in [0.15, 0.2) is 24.5 Å². The van der Waals surface area contributed by atoms with E-state index in [1.807, 2.05) is 0 Å². The Hall–Kier alpha value is -1.71. The first kappa shape index (κ1) is 10.4. The monoisotopic (exact) mass is 192 g/mol. The number of rotatable bonds is 3. The molecule has 1 aromatic heterocycles. The smallest absolute Gasteiger partial charge is 0.217 e. The molecule has 14 heavy (non-hydrogen) atoms. The predicted octanol–water partition coefficient (Wildman–Crippen LogP) is 0.848. The Morgan fingerprint density at radius 2 is 2.14 bits per heavy atom. The van der Waals surface area contributed by atoms with Crippen LogP contribution in [0, 0.1) is 0 Å². The third kappa shape index (κ3) is 2.65. The Morgan fingerprint density at radius 3 is 2.57 bits per heavy atom. The molecule has 1 atom stereocenters. The summed E-state index contributed by atoms with van der Waals surface area (Å²) in [5.74, 6) is -0.331. The third-order valence-corrected chi connectivity index (χ3v) is 1.77. The van der Waals surface area contributed by atoms with Gasteiger partial charge < -0.3 is 5.32 Å². The van der Waals surface area contributed by atoms with Gasteiger partial charge in [0.25, 0.3) is 0 Å². The average molecular weight is 192 g/mol. The number of amides is 1. The first-order valence-corrected chi connectivity index (χ1v) is 4.28. The van der Waals surface area contributed by atoms with Crippen LogP contribution >= 0.6 is 0 Å². The van der Waals surface area contributed by atoms with E-state index in [0.29, 0.717) is 5.56 Å². The lowest BCUT2D eigenvalue weighted by molar-refractivity contribution is -0.125. The molecule has 1 heterocycles. The van der Waals surface area contributed by atoms with Gasteiger partial charge in [0.05, 0.1) is 0 Å². The normalized spacial score (nSPS) is 11.9. The minimum atomic E-state index is -0.582. The third-order valence-electron chi connectivity index (χ3n) is 1.77. The highest BCUT2D eigenvalue weighted by Gasteiger charge is 2.16. The molecule has 1 unspecified atom stereocenters. The molecule has 0 bridgehead atoms. The lowest BCUT2D eigenvalue weighted by atomic mass is 10.1. The predicted molar refractivity (Wildman–Crippen MR) is 51.5 cm³/mol. The van der Waals surface area contributed by atoms with E-state index >= 15 is 0 Å². The van der Waals surface area contributed by atoms with Gasteiger partial charge in [-0.15, -0.1) is 0 Å². The lowest BCUT2D eigenvalue weighted by Gasteiger charge is -2.14. The van der Waals surface area contributed by atoms with Crippen molar-refractivity contribution in [1.29, 1.82) is 0 Å². The van der Waals surface area contributed by atoms with E-state index in [1.54, 1.807) is 24.5 Å². The minimum Gasteiger partial charge on any atom is -0.342 e. The van der Waals surface area contributed by atoms with Crippen LogP contribution in [0.4, 0.5) is 0 Å². The summed E-state index contributed by atoms with van der Waals surface area (Å²) in [4.78, 5) is 26.0. The number of hydrogen-bond donors (Lipinski definition) is 1. The molecule has 0 saturated carbocycles. The molecule has 0 fully saturated rings. The van der Waals surface area contributed by atoms with Crippen LogP contribution in [0.5, 0.6) is 0 Å². The Morgan fingerprint density at radius 1 is 1.43 bits per heavy atom. The maximum absolute atomic E-state index is 11.2. The first-order valence-electron chi connectivity index (χ1n) is 4.28. The second-order valence-corrected chi connectivity index (χ2v) is 3.03. The zero-order chi connectivity index (χ0) is 10.6. The van der Waals surface area contributed by atoms with Crippen LogP contribution in [-0.4, -0.2) is 16.7 Å². The van der Waals surface area contributed by atoms with Crippen molar-refractivity contribution in [2.24, 2.45) is 0 Å². The fourth-order valence-corrected chi connectivity index (χ4v) is 1.17. The lowest BCUT2D eigenvalue weighted by Crippen LogP contribution is -2.30. The van der Waals surface area contributed by atoms with Crippen molar-refractivity contribution in [1.82, 2.24) is 10.3 Å². The molecular formula is C10H12N2O2.